The summed E-state index contributed by atoms with van der Waals surface area (Å²) in [5.74, 6) is 0. The highest BCUT2D eigenvalue weighted by Crippen LogP contribution is 2.31. The highest BCUT2D eigenvalue weighted by Gasteiger charge is 2.30. The molecule has 2 aromatic carbocycles. The van der Waals surface area contributed by atoms with Crippen LogP contribution in [0.4, 0.5) is 18.9 Å². The average molecular weight is 441 g/mol. The lowest BCUT2D eigenvalue weighted by molar-refractivity contribution is -0.137. The van der Waals surface area contributed by atoms with E-state index in [0.29, 0.717) is 11.3 Å². The summed E-state index contributed by atoms with van der Waals surface area (Å²) in [5.41, 5.74) is 1.54. The van der Waals surface area contributed by atoms with Crippen molar-refractivity contribution in [2.24, 2.45) is 4.99 Å². The molecule has 0 spiro atoms. The van der Waals surface area contributed by atoms with Crippen LogP contribution in [0.1, 0.15) is 5.56 Å². The average Bonchev–Trinajstić information content (AvgIpc) is 2.98. The monoisotopic (exact) mass is 440 g/mol. The zero-order chi connectivity index (χ0) is 17.9. The summed E-state index contributed by atoms with van der Waals surface area (Å²) in [6.07, 6.45) is -2.64. The van der Waals surface area contributed by atoms with Gasteiger partial charge in [0.15, 0.2) is 4.80 Å². The predicted molar refractivity (Wildman–Crippen MR) is 105 cm³/mol. The number of alkyl halides is 3. The molecule has 0 aliphatic rings. The van der Waals surface area contributed by atoms with Crippen molar-refractivity contribution in [1.82, 2.24) is 4.57 Å². The van der Waals surface area contributed by atoms with Crippen LogP contribution < -0.4 is 4.80 Å². The number of aromatic nitrogens is 1. The van der Waals surface area contributed by atoms with Gasteiger partial charge in [-0.05, 0) is 23.8 Å². The number of nitrogens with zero attached hydrogens (tertiary/aromatic N) is 2. The quantitative estimate of drug-likeness (QED) is 0.427. The SMILES string of the molecule is Br.C=CCn1c(-c2ccccc2)csc1=Nc1cccc(C(F)(F)F)c1. The van der Waals surface area contributed by atoms with Crippen molar-refractivity contribution in [2.45, 2.75) is 12.7 Å². The fraction of sp³-hybridized carbons (Fsp3) is 0.105. The van der Waals surface area contributed by atoms with Crippen LogP contribution in [-0.2, 0) is 12.7 Å². The molecule has 7 heteroatoms. The normalized spacial score (nSPS) is 11.9. The summed E-state index contributed by atoms with van der Waals surface area (Å²) < 4.78 is 40.6. The number of hydrogen-bond acceptors (Lipinski definition) is 2. The summed E-state index contributed by atoms with van der Waals surface area (Å²) in [6, 6.07) is 14.8. The van der Waals surface area contributed by atoms with E-state index in [9.17, 15) is 13.2 Å². The van der Waals surface area contributed by atoms with Gasteiger partial charge in [-0.3, -0.25) is 0 Å². The van der Waals surface area contributed by atoms with E-state index in [-0.39, 0.29) is 22.7 Å². The molecule has 0 saturated carbocycles. The van der Waals surface area contributed by atoms with Crippen LogP contribution in [0.25, 0.3) is 11.3 Å². The van der Waals surface area contributed by atoms with Crippen molar-refractivity contribution in [3.05, 3.63) is 83.0 Å². The third-order valence-corrected chi connectivity index (χ3v) is 4.44. The van der Waals surface area contributed by atoms with Crippen LogP contribution in [0.3, 0.4) is 0 Å². The van der Waals surface area contributed by atoms with Crippen molar-refractivity contribution < 1.29 is 13.2 Å². The van der Waals surface area contributed by atoms with Crippen molar-refractivity contribution in [3.63, 3.8) is 0 Å². The molecule has 0 aliphatic heterocycles. The smallest absolute Gasteiger partial charge is 0.313 e. The Balaban J connectivity index is 0.00000243. The van der Waals surface area contributed by atoms with E-state index in [1.807, 2.05) is 40.3 Å². The maximum atomic E-state index is 12.9. The molecule has 0 radical (unpaired) electrons. The van der Waals surface area contributed by atoms with Gasteiger partial charge in [0.05, 0.1) is 16.9 Å². The van der Waals surface area contributed by atoms with Crippen LogP contribution in [0.15, 0.2) is 77.6 Å². The topological polar surface area (TPSA) is 17.3 Å². The Morgan fingerprint density at radius 2 is 1.81 bits per heavy atom. The number of allylic oxidation sites excluding steroid dienone is 1. The molecule has 0 bridgehead atoms. The van der Waals surface area contributed by atoms with Crippen LogP contribution in [0, 0.1) is 0 Å². The molecular formula is C19H16BrF3N2S. The maximum absolute atomic E-state index is 12.9. The van der Waals surface area contributed by atoms with E-state index in [0.717, 1.165) is 23.4 Å². The first-order valence-electron chi connectivity index (χ1n) is 7.55. The van der Waals surface area contributed by atoms with Gasteiger partial charge in [-0.25, -0.2) is 4.99 Å². The highest BCUT2D eigenvalue weighted by molar-refractivity contribution is 8.93. The Kier molecular flexibility index (Phi) is 6.61. The lowest BCUT2D eigenvalue weighted by Crippen LogP contribution is -2.14. The van der Waals surface area contributed by atoms with Gasteiger partial charge in [0.25, 0.3) is 0 Å². The highest BCUT2D eigenvalue weighted by atomic mass is 79.9. The van der Waals surface area contributed by atoms with Gasteiger partial charge < -0.3 is 4.57 Å². The van der Waals surface area contributed by atoms with E-state index < -0.39 is 11.7 Å². The second kappa shape index (κ2) is 8.51. The molecule has 0 atom stereocenters. The molecule has 0 N–H and O–H groups in total. The minimum absolute atomic E-state index is 0. The first kappa shape index (κ1) is 20.2. The van der Waals surface area contributed by atoms with Crippen molar-refractivity contribution >= 4 is 34.0 Å². The molecule has 0 saturated heterocycles. The molecule has 0 unspecified atom stereocenters. The van der Waals surface area contributed by atoms with E-state index in [4.69, 9.17) is 0 Å². The first-order valence-corrected chi connectivity index (χ1v) is 8.43. The maximum Gasteiger partial charge on any atom is 0.416 e. The number of halogens is 4. The summed E-state index contributed by atoms with van der Waals surface area (Å²) >= 11 is 1.39. The molecular weight excluding hydrogens is 425 g/mol. The third kappa shape index (κ3) is 4.53. The molecule has 1 heterocycles. The molecule has 0 aliphatic carbocycles. The molecule has 26 heavy (non-hydrogen) atoms. The summed E-state index contributed by atoms with van der Waals surface area (Å²) in [7, 11) is 0. The number of hydrogen-bond donors (Lipinski definition) is 0. The van der Waals surface area contributed by atoms with E-state index in [1.54, 1.807) is 12.1 Å². The Labute approximate surface area is 163 Å². The Morgan fingerprint density at radius 3 is 2.46 bits per heavy atom. The standard InChI is InChI=1S/C19H15F3N2S.BrH/c1-2-11-24-17(14-7-4-3-5-8-14)13-25-18(24)23-16-10-6-9-15(12-16)19(20,21)22;/h2-10,12-13H,1,11H2;1H. The molecule has 1 aromatic heterocycles. The van der Waals surface area contributed by atoms with Gasteiger partial charge in [-0.2, -0.15) is 13.2 Å². The number of thiazole rings is 1. The zero-order valence-electron chi connectivity index (χ0n) is 13.6. The molecule has 0 amide bonds. The molecule has 3 aromatic rings. The Hall–Kier alpha value is -2.12. The van der Waals surface area contributed by atoms with Gasteiger partial charge in [-0.15, -0.1) is 34.9 Å². The van der Waals surface area contributed by atoms with Crippen LogP contribution in [0.5, 0.6) is 0 Å². The Bertz CT molecular complexity index is 943. The van der Waals surface area contributed by atoms with Crippen molar-refractivity contribution in [1.29, 1.82) is 0 Å². The summed E-state index contributed by atoms with van der Waals surface area (Å²) in [5, 5.41) is 1.95. The van der Waals surface area contributed by atoms with E-state index >= 15 is 0 Å². The fourth-order valence-electron chi connectivity index (χ4n) is 2.43. The van der Waals surface area contributed by atoms with Crippen LogP contribution in [-0.4, -0.2) is 4.57 Å². The van der Waals surface area contributed by atoms with E-state index in [1.165, 1.54) is 17.4 Å². The lowest BCUT2D eigenvalue weighted by atomic mass is 10.2. The lowest BCUT2D eigenvalue weighted by Gasteiger charge is -2.07. The summed E-state index contributed by atoms with van der Waals surface area (Å²) in [4.78, 5) is 5.04. The van der Waals surface area contributed by atoms with Gasteiger partial charge in [0.1, 0.15) is 0 Å². The largest absolute Gasteiger partial charge is 0.416 e. The van der Waals surface area contributed by atoms with Gasteiger partial charge in [0.2, 0.25) is 0 Å². The predicted octanol–water partition coefficient (Wildman–Crippen LogP) is 6.23. The molecule has 136 valence electrons. The van der Waals surface area contributed by atoms with Gasteiger partial charge in [0, 0.05) is 11.9 Å². The Morgan fingerprint density at radius 1 is 1.08 bits per heavy atom. The third-order valence-electron chi connectivity index (χ3n) is 3.58. The molecule has 2 nitrogen and oxygen atoms in total. The fourth-order valence-corrected chi connectivity index (χ4v) is 3.36. The second-order valence-electron chi connectivity index (χ2n) is 5.33. The molecule has 3 rings (SSSR count). The number of rotatable bonds is 4. The molecule has 0 fully saturated rings. The first-order chi connectivity index (χ1) is 12.0. The van der Waals surface area contributed by atoms with Crippen LogP contribution >= 0.6 is 28.3 Å². The summed E-state index contributed by atoms with van der Waals surface area (Å²) in [6.45, 7) is 4.28. The zero-order valence-corrected chi connectivity index (χ0v) is 16.1. The van der Waals surface area contributed by atoms with Crippen molar-refractivity contribution in [2.75, 3.05) is 0 Å². The minimum Gasteiger partial charge on any atom is -0.313 e. The van der Waals surface area contributed by atoms with Gasteiger partial charge >= 0.3 is 6.18 Å². The van der Waals surface area contributed by atoms with Crippen molar-refractivity contribution in [3.8, 4) is 11.3 Å². The minimum atomic E-state index is -4.38. The second-order valence-corrected chi connectivity index (χ2v) is 6.17. The van der Waals surface area contributed by atoms with Gasteiger partial charge in [-0.1, -0.05) is 42.5 Å². The van der Waals surface area contributed by atoms with Crippen LogP contribution in [0.2, 0.25) is 0 Å². The number of benzene rings is 2. The van der Waals surface area contributed by atoms with E-state index in [2.05, 4.69) is 11.6 Å².